The van der Waals surface area contributed by atoms with E-state index in [1.165, 1.54) is 43.4 Å². The van der Waals surface area contributed by atoms with Crippen molar-refractivity contribution in [2.24, 2.45) is 11.5 Å². The van der Waals surface area contributed by atoms with E-state index in [9.17, 15) is 9.59 Å². The van der Waals surface area contributed by atoms with Gasteiger partial charge in [-0.2, -0.15) is 0 Å². The van der Waals surface area contributed by atoms with Gasteiger partial charge in [0.15, 0.2) is 0 Å². The molecule has 2 aliphatic rings. The lowest BCUT2D eigenvalue weighted by Gasteiger charge is -2.29. The highest BCUT2D eigenvalue weighted by Gasteiger charge is 2.32. The fourth-order valence-electron chi connectivity index (χ4n) is 4.70. The van der Waals surface area contributed by atoms with Crippen LogP contribution in [0, 0.1) is 6.92 Å². The topological polar surface area (TPSA) is 124 Å². The number of aromatic nitrogens is 1. The maximum atomic E-state index is 13.0. The van der Waals surface area contributed by atoms with Crippen molar-refractivity contribution in [1.29, 1.82) is 0 Å². The third-order valence-electron chi connectivity index (χ3n) is 6.51. The molecule has 9 heteroatoms. The number of para-hydroxylation sites is 1. The average Bonchev–Trinajstić information content (AvgIpc) is 3.26. The molecule has 2 aromatic heterocycles. The van der Waals surface area contributed by atoms with E-state index in [4.69, 9.17) is 16.2 Å². The summed E-state index contributed by atoms with van der Waals surface area (Å²) < 4.78 is 5.89. The molecule has 1 fully saturated rings. The SMILES string of the molecule is Cc1cc(Oc2ccccc2)ccc1N1C(=O)Nc2c(C(N)=O)sc3nccc1c23.NC1CCCCC1. The molecule has 6 rings (SSSR count). The molecule has 0 spiro atoms. The largest absolute Gasteiger partial charge is 0.457 e. The molecule has 5 N–H and O–H groups in total. The van der Waals surface area contributed by atoms with Crippen LogP contribution < -0.4 is 26.4 Å². The summed E-state index contributed by atoms with van der Waals surface area (Å²) in [6.07, 6.45) is 8.28. The second-order valence-electron chi connectivity index (χ2n) is 9.21. The number of thiophene rings is 1. The van der Waals surface area contributed by atoms with Crippen molar-refractivity contribution in [2.75, 3.05) is 10.2 Å². The number of benzene rings is 2. The monoisotopic (exact) mass is 515 g/mol. The molecule has 4 aromatic rings. The number of anilines is 3. The standard InChI is InChI=1S/C22H16N4O3S.C6H13N/c1-12-11-14(29-13-5-3-2-4-6-13)7-8-15(12)26-16-9-10-24-21-17(16)18(25-22(26)28)19(30-21)20(23)27;7-6-4-2-1-3-5-6/h2-11H,1H3,(H2,23,27)(H,25,28);6H,1-5,7H2. The molecule has 3 amide bonds. The lowest BCUT2D eigenvalue weighted by molar-refractivity contribution is 0.100. The second kappa shape index (κ2) is 10.6. The van der Waals surface area contributed by atoms with Gasteiger partial charge in [-0.05, 0) is 61.7 Å². The molecule has 190 valence electrons. The summed E-state index contributed by atoms with van der Waals surface area (Å²) in [6.45, 7) is 1.91. The number of nitrogens with two attached hydrogens (primary N) is 2. The Bertz CT molecular complexity index is 1450. The van der Waals surface area contributed by atoms with Crippen LogP contribution in [0.2, 0.25) is 0 Å². The van der Waals surface area contributed by atoms with Gasteiger partial charge in [0, 0.05) is 12.2 Å². The Balaban J connectivity index is 0.000000348. The Hall–Kier alpha value is -3.95. The van der Waals surface area contributed by atoms with Crippen LogP contribution in [0.15, 0.2) is 60.8 Å². The molecule has 1 saturated carbocycles. The number of nitrogens with zero attached hydrogens (tertiary/aromatic N) is 2. The minimum atomic E-state index is -0.591. The van der Waals surface area contributed by atoms with Crippen molar-refractivity contribution in [3.63, 3.8) is 0 Å². The molecule has 0 saturated heterocycles. The maximum absolute atomic E-state index is 13.0. The average molecular weight is 516 g/mol. The molecule has 0 radical (unpaired) electrons. The molecule has 3 heterocycles. The smallest absolute Gasteiger partial charge is 0.331 e. The first-order valence-corrected chi connectivity index (χ1v) is 13.2. The van der Waals surface area contributed by atoms with E-state index in [1.807, 2.05) is 55.5 Å². The van der Waals surface area contributed by atoms with Crippen LogP contribution in [-0.4, -0.2) is 23.0 Å². The van der Waals surface area contributed by atoms with Gasteiger partial charge in [0.2, 0.25) is 0 Å². The first kappa shape index (κ1) is 24.7. The molecule has 1 aliphatic carbocycles. The Morgan fingerprint density at radius 2 is 1.81 bits per heavy atom. The number of hydrogen-bond donors (Lipinski definition) is 3. The fraction of sp³-hybridized carbons (Fsp3) is 0.250. The molecule has 0 atom stereocenters. The molecule has 1 aliphatic heterocycles. The van der Waals surface area contributed by atoms with Gasteiger partial charge >= 0.3 is 6.03 Å². The fourth-order valence-corrected chi connectivity index (χ4v) is 5.67. The van der Waals surface area contributed by atoms with Crippen LogP contribution in [0.5, 0.6) is 11.5 Å². The number of pyridine rings is 1. The number of rotatable bonds is 4. The molecule has 8 nitrogen and oxygen atoms in total. The van der Waals surface area contributed by atoms with Gasteiger partial charge in [-0.15, -0.1) is 11.3 Å². The van der Waals surface area contributed by atoms with E-state index in [0.29, 0.717) is 43.9 Å². The van der Waals surface area contributed by atoms with Crippen molar-refractivity contribution in [2.45, 2.75) is 45.1 Å². The molecular formula is C28H29N5O3S. The highest BCUT2D eigenvalue weighted by molar-refractivity contribution is 7.21. The van der Waals surface area contributed by atoms with E-state index in [-0.39, 0.29) is 6.03 Å². The summed E-state index contributed by atoms with van der Waals surface area (Å²) in [4.78, 5) is 31.7. The zero-order chi connectivity index (χ0) is 25.9. The number of aryl methyl sites for hydroxylation is 1. The number of hydrogen-bond acceptors (Lipinski definition) is 6. The molecule has 37 heavy (non-hydrogen) atoms. The van der Waals surface area contributed by atoms with Crippen LogP contribution >= 0.6 is 11.3 Å². The number of urea groups is 1. The van der Waals surface area contributed by atoms with Gasteiger partial charge in [-0.25, -0.2) is 9.78 Å². The van der Waals surface area contributed by atoms with Gasteiger partial charge in [0.1, 0.15) is 21.2 Å². The first-order chi connectivity index (χ1) is 17.9. The van der Waals surface area contributed by atoms with Crippen LogP contribution in [0.25, 0.3) is 10.2 Å². The van der Waals surface area contributed by atoms with Gasteiger partial charge < -0.3 is 21.5 Å². The number of nitrogens with one attached hydrogen (secondary N) is 1. The number of primary amides is 1. The predicted molar refractivity (Wildman–Crippen MR) is 148 cm³/mol. The van der Waals surface area contributed by atoms with Crippen molar-refractivity contribution >= 4 is 50.6 Å². The van der Waals surface area contributed by atoms with Crippen molar-refractivity contribution in [3.05, 3.63) is 71.2 Å². The highest BCUT2D eigenvalue weighted by atomic mass is 32.1. The van der Waals surface area contributed by atoms with Crippen LogP contribution in [-0.2, 0) is 0 Å². The Morgan fingerprint density at radius 3 is 2.46 bits per heavy atom. The molecular weight excluding hydrogens is 486 g/mol. The van der Waals surface area contributed by atoms with E-state index < -0.39 is 5.91 Å². The Labute approximate surface area is 219 Å². The number of carbonyl (C=O) groups excluding carboxylic acids is 2. The summed E-state index contributed by atoms with van der Waals surface area (Å²) >= 11 is 1.17. The lowest BCUT2D eigenvalue weighted by atomic mass is 9.97. The van der Waals surface area contributed by atoms with Crippen molar-refractivity contribution < 1.29 is 14.3 Å². The second-order valence-corrected chi connectivity index (χ2v) is 10.2. The van der Waals surface area contributed by atoms with Gasteiger partial charge in [0.05, 0.1) is 22.4 Å². The zero-order valence-electron chi connectivity index (χ0n) is 20.6. The van der Waals surface area contributed by atoms with E-state index >= 15 is 0 Å². The van der Waals surface area contributed by atoms with E-state index in [1.54, 1.807) is 17.2 Å². The van der Waals surface area contributed by atoms with Gasteiger partial charge in [-0.3, -0.25) is 9.69 Å². The van der Waals surface area contributed by atoms with E-state index in [0.717, 1.165) is 11.3 Å². The lowest BCUT2D eigenvalue weighted by Crippen LogP contribution is -2.34. The van der Waals surface area contributed by atoms with Gasteiger partial charge in [0.25, 0.3) is 5.91 Å². The van der Waals surface area contributed by atoms with Crippen LogP contribution in [0.4, 0.5) is 21.9 Å². The number of ether oxygens (including phenoxy) is 1. The normalized spacial score (nSPS) is 15.1. The predicted octanol–water partition coefficient (Wildman–Crippen LogP) is 6.46. The van der Waals surface area contributed by atoms with Gasteiger partial charge in [-0.1, -0.05) is 37.5 Å². The quantitative estimate of drug-likeness (QED) is 0.288. The maximum Gasteiger partial charge on any atom is 0.331 e. The third kappa shape index (κ3) is 5.14. The Morgan fingerprint density at radius 1 is 1.05 bits per heavy atom. The zero-order valence-corrected chi connectivity index (χ0v) is 21.4. The Kier molecular flexibility index (Phi) is 7.07. The first-order valence-electron chi connectivity index (χ1n) is 12.3. The number of amides is 3. The number of carbonyl (C=O) groups is 2. The summed E-state index contributed by atoms with van der Waals surface area (Å²) in [5, 5.41) is 3.52. The van der Waals surface area contributed by atoms with E-state index in [2.05, 4.69) is 10.3 Å². The summed E-state index contributed by atoms with van der Waals surface area (Å²) in [5.74, 6) is 0.816. The van der Waals surface area contributed by atoms with Crippen LogP contribution in [0.1, 0.15) is 47.3 Å². The third-order valence-corrected chi connectivity index (χ3v) is 7.62. The van der Waals surface area contributed by atoms with Crippen LogP contribution in [0.3, 0.4) is 0 Å². The highest BCUT2D eigenvalue weighted by Crippen LogP contribution is 2.46. The minimum absolute atomic E-state index is 0.293. The van der Waals surface area contributed by atoms with Crippen molar-refractivity contribution in [3.8, 4) is 11.5 Å². The summed E-state index contributed by atoms with van der Waals surface area (Å²) in [7, 11) is 0. The molecule has 0 unspecified atom stereocenters. The molecule has 2 aromatic carbocycles. The molecule has 0 bridgehead atoms. The summed E-state index contributed by atoms with van der Waals surface area (Å²) in [6, 6.07) is 17.0. The summed E-state index contributed by atoms with van der Waals surface area (Å²) in [5.41, 5.74) is 13.8. The van der Waals surface area contributed by atoms with Crippen molar-refractivity contribution in [1.82, 2.24) is 4.98 Å². The minimum Gasteiger partial charge on any atom is -0.457 e.